The number of carbonyl (C=O) groups excluding carboxylic acids is 1. The number of amides is 1. The lowest BCUT2D eigenvalue weighted by molar-refractivity contribution is -0.130. The number of halogens is 1. The average molecular weight is 215 g/mol. The van der Waals surface area contributed by atoms with Crippen molar-refractivity contribution in [1.29, 1.82) is 5.26 Å². The summed E-state index contributed by atoms with van der Waals surface area (Å²) in [4.78, 5) is 11.7. The Morgan fingerprint density at radius 3 is 2.50 bits per heavy atom. The number of nitriles is 1. The number of alkyl halides is 1. The lowest BCUT2D eigenvalue weighted by Gasteiger charge is -2.38. The first-order chi connectivity index (χ1) is 6.46. The Bertz CT molecular complexity index is 276. The molecule has 1 aliphatic rings. The minimum absolute atomic E-state index is 0.131. The van der Waals surface area contributed by atoms with E-state index in [1.54, 1.807) is 13.8 Å². The summed E-state index contributed by atoms with van der Waals surface area (Å²) >= 11 is 5.68. The van der Waals surface area contributed by atoms with E-state index >= 15 is 0 Å². The number of nitrogens with one attached hydrogen (secondary N) is 1. The minimum atomic E-state index is -0.611. The number of carbonyl (C=O) groups is 1. The van der Waals surface area contributed by atoms with Gasteiger partial charge in [-0.05, 0) is 33.1 Å². The zero-order chi connectivity index (χ0) is 10.8. The van der Waals surface area contributed by atoms with E-state index in [4.69, 9.17) is 16.9 Å². The summed E-state index contributed by atoms with van der Waals surface area (Å²) in [7, 11) is 0. The van der Waals surface area contributed by atoms with Gasteiger partial charge in [0.2, 0.25) is 5.91 Å². The molecule has 0 bridgehead atoms. The molecule has 1 saturated carbocycles. The van der Waals surface area contributed by atoms with E-state index in [1.165, 1.54) is 0 Å². The predicted octanol–water partition coefficient (Wildman–Crippen LogP) is 1.81. The van der Waals surface area contributed by atoms with Crippen LogP contribution in [0.5, 0.6) is 0 Å². The molecule has 0 aromatic carbocycles. The molecule has 1 aliphatic carbocycles. The Morgan fingerprint density at radius 2 is 2.21 bits per heavy atom. The second-order valence-corrected chi connectivity index (χ2v) is 4.79. The normalized spacial score (nSPS) is 19.3. The molecule has 1 rings (SSSR count). The molecule has 0 unspecified atom stereocenters. The van der Waals surface area contributed by atoms with E-state index in [-0.39, 0.29) is 11.8 Å². The summed E-state index contributed by atoms with van der Waals surface area (Å²) in [6.45, 7) is 3.55. The standard InChI is InChI=1S/C10H15ClN2O/c1-9(2,6-11)8(14)13-10(7-12)4-3-5-10/h3-6H2,1-2H3,(H,13,14). The molecule has 0 spiro atoms. The molecule has 4 heteroatoms. The Hall–Kier alpha value is -0.750. The van der Waals surface area contributed by atoms with Crippen molar-refractivity contribution in [2.24, 2.45) is 5.41 Å². The molecular formula is C10H15ClN2O. The predicted molar refractivity (Wildman–Crippen MR) is 54.8 cm³/mol. The van der Waals surface area contributed by atoms with Gasteiger partial charge in [0.25, 0.3) is 0 Å². The molecular weight excluding hydrogens is 200 g/mol. The summed E-state index contributed by atoms with van der Waals surface area (Å²) in [6.07, 6.45) is 2.52. The van der Waals surface area contributed by atoms with Gasteiger partial charge in [-0.1, -0.05) is 0 Å². The lowest BCUT2D eigenvalue weighted by Crippen LogP contribution is -2.56. The van der Waals surface area contributed by atoms with Gasteiger partial charge in [0.1, 0.15) is 5.54 Å². The van der Waals surface area contributed by atoms with Gasteiger partial charge >= 0.3 is 0 Å². The van der Waals surface area contributed by atoms with Gasteiger partial charge in [-0.2, -0.15) is 5.26 Å². The van der Waals surface area contributed by atoms with E-state index < -0.39 is 11.0 Å². The lowest BCUT2D eigenvalue weighted by atomic mass is 9.77. The van der Waals surface area contributed by atoms with Gasteiger partial charge in [0.15, 0.2) is 0 Å². The number of hydrogen-bond acceptors (Lipinski definition) is 2. The van der Waals surface area contributed by atoms with Crippen LogP contribution in [-0.4, -0.2) is 17.3 Å². The van der Waals surface area contributed by atoms with Crippen LogP contribution < -0.4 is 5.32 Å². The van der Waals surface area contributed by atoms with Crippen LogP contribution in [0, 0.1) is 16.7 Å². The van der Waals surface area contributed by atoms with E-state index in [0.29, 0.717) is 0 Å². The van der Waals surface area contributed by atoms with Crippen molar-refractivity contribution >= 4 is 17.5 Å². The maximum Gasteiger partial charge on any atom is 0.228 e. The molecule has 0 aromatic rings. The van der Waals surface area contributed by atoms with Crippen molar-refractivity contribution in [3.8, 4) is 6.07 Å². The Balaban J connectivity index is 2.61. The molecule has 0 heterocycles. The van der Waals surface area contributed by atoms with Crippen molar-refractivity contribution in [3.63, 3.8) is 0 Å². The van der Waals surface area contributed by atoms with Crippen molar-refractivity contribution in [2.45, 2.75) is 38.6 Å². The zero-order valence-electron chi connectivity index (χ0n) is 8.56. The topological polar surface area (TPSA) is 52.9 Å². The van der Waals surface area contributed by atoms with Crippen molar-refractivity contribution in [2.75, 3.05) is 5.88 Å². The smallest absolute Gasteiger partial charge is 0.228 e. The summed E-state index contributed by atoms with van der Waals surface area (Å²) in [5.74, 6) is 0.133. The Labute approximate surface area is 89.4 Å². The van der Waals surface area contributed by atoms with E-state index in [1.807, 2.05) is 0 Å². The monoisotopic (exact) mass is 214 g/mol. The van der Waals surface area contributed by atoms with Crippen molar-refractivity contribution in [1.82, 2.24) is 5.32 Å². The second kappa shape index (κ2) is 3.78. The van der Waals surface area contributed by atoms with Gasteiger partial charge in [-0.25, -0.2) is 0 Å². The average Bonchev–Trinajstić information content (AvgIpc) is 2.10. The molecule has 78 valence electrons. The molecule has 0 aliphatic heterocycles. The second-order valence-electron chi connectivity index (χ2n) is 4.52. The van der Waals surface area contributed by atoms with Gasteiger partial charge in [0.05, 0.1) is 11.5 Å². The molecule has 0 saturated heterocycles. The summed E-state index contributed by atoms with van der Waals surface area (Å²) < 4.78 is 0. The quantitative estimate of drug-likeness (QED) is 0.729. The van der Waals surface area contributed by atoms with Gasteiger partial charge in [-0.15, -0.1) is 11.6 Å². The maximum atomic E-state index is 11.7. The third-order valence-corrected chi connectivity index (χ3v) is 3.39. The van der Waals surface area contributed by atoms with E-state index in [2.05, 4.69) is 11.4 Å². The fraction of sp³-hybridized carbons (Fsp3) is 0.800. The SMILES string of the molecule is CC(C)(CCl)C(=O)NC1(C#N)CCC1. The minimum Gasteiger partial charge on any atom is -0.337 e. The molecule has 14 heavy (non-hydrogen) atoms. The molecule has 3 nitrogen and oxygen atoms in total. The van der Waals surface area contributed by atoms with Gasteiger partial charge in [0, 0.05) is 5.88 Å². The summed E-state index contributed by atoms with van der Waals surface area (Å²) in [5, 5.41) is 11.7. The highest BCUT2D eigenvalue weighted by Gasteiger charge is 2.41. The van der Waals surface area contributed by atoms with Crippen LogP contribution in [0.1, 0.15) is 33.1 Å². The van der Waals surface area contributed by atoms with Crippen LogP contribution in [-0.2, 0) is 4.79 Å². The Morgan fingerprint density at radius 1 is 1.64 bits per heavy atom. The fourth-order valence-electron chi connectivity index (χ4n) is 1.24. The van der Waals surface area contributed by atoms with Crippen LogP contribution >= 0.6 is 11.6 Å². The number of hydrogen-bond donors (Lipinski definition) is 1. The van der Waals surface area contributed by atoms with Gasteiger partial charge < -0.3 is 5.32 Å². The Kier molecular flexibility index (Phi) is 3.06. The summed E-state index contributed by atoms with van der Waals surface area (Å²) in [6, 6.07) is 2.17. The molecule has 1 amide bonds. The van der Waals surface area contributed by atoms with Crippen LogP contribution in [0.4, 0.5) is 0 Å². The first kappa shape index (κ1) is 11.3. The van der Waals surface area contributed by atoms with Crippen LogP contribution in [0.2, 0.25) is 0 Å². The summed E-state index contributed by atoms with van der Waals surface area (Å²) in [5.41, 5.74) is -1.21. The highest BCUT2D eigenvalue weighted by molar-refractivity contribution is 6.19. The van der Waals surface area contributed by atoms with Crippen LogP contribution in [0.25, 0.3) is 0 Å². The van der Waals surface area contributed by atoms with Crippen molar-refractivity contribution < 1.29 is 4.79 Å². The van der Waals surface area contributed by atoms with Crippen LogP contribution in [0.3, 0.4) is 0 Å². The highest BCUT2D eigenvalue weighted by atomic mass is 35.5. The third kappa shape index (κ3) is 2.01. The molecule has 0 aromatic heterocycles. The van der Waals surface area contributed by atoms with Gasteiger partial charge in [-0.3, -0.25) is 4.79 Å². The largest absolute Gasteiger partial charge is 0.337 e. The first-order valence-corrected chi connectivity index (χ1v) is 5.29. The molecule has 0 radical (unpaired) electrons. The fourth-order valence-corrected chi connectivity index (χ4v) is 1.36. The number of rotatable bonds is 3. The van der Waals surface area contributed by atoms with Crippen LogP contribution in [0.15, 0.2) is 0 Å². The molecule has 0 atom stereocenters. The third-order valence-electron chi connectivity index (χ3n) is 2.72. The molecule has 1 fully saturated rings. The molecule has 1 N–H and O–H groups in total. The number of nitrogens with zero attached hydrogens (tertiary/aromatic N) is 1. The first-order valence-electron chi connectivity index (χ1n) is 4.76. The van der Waals surface area contributed by atoms with E-state index in [9.17, 15) is 4.79 Å². The van der Waals surface area contributed by atoms with Crippen molar-refractivity contribution in [3.05, 3.63) is 0 Å². The highest BCUT2D eigenvalue weighted by Crippen LogP contribution is 2.32. The maximum absolute atomic E-state index is 11.7. The van der Waals surface area contributed by atoms with E-state index in [0.717, 1.165) is 19.3 Å². The zero-order valence-corrected chi connectivity index (χ0v) is 9.32.